The number of carbonyl (C=O) groups is 1. The molecule has 0 saturated heterocycles. The van der Waals surface area contributed by atoms with Crippen molar-refractivity contribution in [2.24, 2.45) is 0 Å². The molecule has 0 aliphatic heterocycles. The number of aryl methyl sites for hydroxylation is 1. The van der Waals surface area contributed by atoms with E-state index in [4.69, 9.17) is 0 Å². The lowest BCUT2D eigenvalue weighted by Crippen LogP contribution is -2.16. The smallest absolute Gasteiger partial charge is 0.274 e. The molecule has 2 rings (SSSR count). The molecule has 0 fully saturated rings. The van der Waals surface area contributed by atoms with E-state index in [2.05, 4.69) is 34.4 Å². The van der Waals surface area contributed by atoms with Crippen LogP contribution in [0.4, 0.5) is 11.6 Å². The van der Waals surface area contributed by atoms with Gasteiger partial charge in [-0.1, -0.05) is 38.5 Å². The van der Waals surface area contributed by atoms with Gasteiger partial charge in [0.15, 0.2) is 0 Å². The van der Waals surface area contributed by atoms with Crippen molar-refractivity contribution >= 4 is 17.5 Å². The molecule has 5 nitrogen and oxygen atoms in total. The molecule has 2 N–H and O–H groups in total. The van der Waals surface area contributed by atoms with Gasteiger partial charge in [-0.25, -0.2) is 9.97 Å². The van der Waals surface area contributed by atoms with E-state index in [-0.39, 0.29) is 5.91 Å². The largest absolute Gasteiger partial charge is 0.354 e. The van der Waals surface area contributed by atoms with Crippen molar-refractivity contribution in [3.8, 4) is 0 Å². The number of anilines is 2. The molecule has 0 aliphatic rings. The highest BCUT2D eigenvalue weighted by Gasteiger charge is 2.10. The van der Waals surface area contributed by atoms with Crippen LogP contribution in [0.15, 0.2) is 36.5 Å². The van der Waals surface area contributed by atoms with Crippen molar-refractivity contribution in [2.75, 3.05) is 17.2 Å². The summed E-state index contributed by atoms with van der Waals surface area (Å²) in [6, 6.07) is 9.40. The summed E-state index contributed by atoms with van der Waals surface area (Å²) in [7, 11) is 0. The van der Waals surface area contributed by atoms with Crippen LogP contribution in [0.5, 0.6) is 0 Å². The molecule has 22 heavy (non-hydrogen) atoms. The molecule has 0 spiro atoms. The number of nitrogens with one attached hydrogen (secondary N) is 2. The molecule has 2 aromatic rings. The lowest BCUT2D eigenvalue weighted by molar-refractivity contribution is 0.102. The number of carbonyl (C=O) groups excluding carboxylic acids is 1. The van der Waals surface area contributed by atoms with Crippen molar-refractivity contribution in [1.82, 2.24) is 9.97 Å². The Morgan fingerprint density at radius 3 is 2.77 bits per heavy atom. The van der Waals surface area contributed by atoms with Crippen LogP contribution in [-0.4, -0.2) is 22.4 Å². The third-order valence-corrected chi connectivity index (χ3v) is 3.35. The minimum absolute atomic E-state index is 0.221. The van der Waals surface area contributed by atoms with Gasteiger partial charge in [-0.2, -0.15) is 0 Å². The van der Waals surface area contributed by atoms with Crippen molar-refractivity contribution in [3.05, 3.63) is 47.8 Å². The van der Waals surface area contributed by atoms with E-state index in [1.165, 1.54) is 0 Å². The Labute approximate surface area is 131 Å². The fraction of sp³-hybridized carbons (Fsp3) is 0.353. The molecule has 0 aliphatic carbocycles. The van der Waals surface area contributed by atoms with Gasteiger partial charge >= 0.3 is 0 Å². The number of rotatable bonds is 7. The van der Waals surface area contributed by atoms with Crippen molar-refractivity contribution in [1.29, 1.82) is 0 Å². The van der Waals surface area contributed by atoms with Gasteiger partial charge in [0.1, 0.15) is 5.69 Å². The Bertz CT molecular complexity index is 628. The lowest BCUT2D eigenvalue weighted by atomic mass is 10.1. The first kappa shape index (κ1) is 15.9. The van der Waals surface area contributed by atoms with E-state index in [9.17, 15) is 4.79 Å². The van der Waals surface area contributed by atoms with Gasteiger partial charge in [-0.3, -0.25) is 4.79 Å². The second-order valence-corrected chi connectivity index (χ2v) is 5.01. The number of amides is 1. The second kappa shape index (κ2) is 8.12. The maximum atomic E-state index is 12.3. The van der Waals surface area contributed by atoms with Crippen LogP contribution in [0.3, 0.4) is 0 Å². The van der Waals surface area contributed by atoms with Crippen LogP contribution in [-0.2, 0) is 6.42 Å². The third kappa shape index (κ3) is 4.28. The fourth-order valence-corrected chi connectivity index (χ4v) is 2.08. The lowest BCUT2D eigenvalue weighted by Gasteiger charge is -2.10. The monoisotopic (exact) mass is 298 g/mol. The number of hydrogen-bond acceptors (Lipinski definition) is 4. The van der Waals surface area contributed by atoms with Gasteiger partial charge in [-0.15, -0.1) is 0 Å². The summed E-state index contributed by atoms with van der Waals surface area (Å²) in [6.45, 7) is 4.99. The molecule has 1 aromatic carbocycles. The molecule has 0 radical (unpaired) electrons. The Balaban J connectivity index is 2.07. The van der Waals surface area contributed by atoms with Crippen LogP contribution in [0.25, 0.3) is 0 Å². The van der Waals surface area contributed by atoms with Crippen LogP contribution >= 0.6 is 0 Å². The van der Waals surface area contributed by atoms with Gasteiger partial charge in [-0.05, 0) is 30.5 Å². The van der Waals surface area contributed by atoms with Crippen molar-refractivity contribution in [2.45, 2.75) is 33.1 Å². The highest BCUT2D eigenvalue weighted by molar-refractivity contribution is 6.03. The Morgan fingerprint density at radius 1 is 1.18 bits per heavy atom. The number of para-hydroxylation sites is 1. The molecule has 5 heteroatoms. The summed E-state index contributed by atoms with van der Waals surface area (Å²) >= 11 is 0. The minimum atomic E-state index is -0.221. The van der Waals surface area contributed by atoms with Gasteiger partial charge in [0.25, 0.3) is 5.91 Å². The molecular formula is C17H22N4O. The SMILES string of the molecule is CCCCNc1nccc(C(=O)Nc2ccccc2CC)n1. The number of aromatic nitrogens is 2. The number of nitrogens with zero attached hydrogens (tertiary/aromatic N) is 2. The van der Waals surface area contributed by atoms with E-state index in [1.807, 2.05) is 24.3 Å². The van der Waals surface area contributed by atoms with Gasteiger partial charge in [0.2, 0.25) is 5.95 Å². The molecule has 0 atom stereocenters. The highest BCUT2D eigenvalue weighted by Crippen LogP contribution is 2.16. The average Bonchev–Trinajstić information content (AvgIpc) is 2.56. The maximum absolute atomic E-state index is 12.3. The van der Waals surface area contributed by atoms with Crippen LogP contribution in [0.2, 0.25) is 0 Å². The van der Waals surface area contributed by atoms with Gasteiger partial charge in [0.05, 0.1) is 0 Å². The Morgan fingerprint density at radius 2 is 2.00 bits per heavy atom. The quantitative estimate of drug-likeness (QED) is 0.768. The predicted octanol–water partition coefficient (Wildman–Crippen LogP) is 3.50. The first-order valence-corrected chi connectivity index (χ1v) is 7.70. The normalized spacial score (nSPS) is 10.3. The first-order valence-electron chi connectivity index (χ1n) is 7.70. The Hall–Kier alpha value is -2.43. The molecule has 1 heterocycles. The van der Waals surface area contributed by atoms with Crippen LogP contribution in [0, 0.1) is 0 Å². The number of unbranched alkanes of at least 4 members (excludes halogenated alkanes) is 1. The first-order chi connectivity index (χ1) is 10.7. The summed E-state index contributed by atoms with van der Waals surface area (Å²) < 4.78 is 0. The minimum Gasteiger partial charge on any atom is -0.354 e. The summed E-state index contributed by atoms with van der Waals surface area (Å²) in [5.74, 6) is 0.270. The second-order valence-electron chi connectivity index (χ2n) is 5.01. The number of benzene rings is 1. The molecule has 0 unspecified atom stereocenters. The molecule has 0 bridgehead atoms. The number of hydrogen-bond donors (Lipinski definition) is 2. The van der Waals surface area contributed by atoms with Crippen LogP contribution in [0.1, 0.15) is 42.7 Å². The standard InChI is InChI=1S/C17H22N4O/c1-3-5-11-18-17-19-12-10-15(21-17)16(22)20-14-9-7-6-8-13(14)4-2/h6-10,12H,3-5,11H2,1-2H3,(H,20,22)(H,18,19,21). The van der Waals surface area contributed by atoms with E-state index in [1.54, 1.807) is 12.3 Å². The van der Waals surface area contributed by atoms with Crippen molar-refractivity contribution in [3.63, 3.8) is 0 Å². The third-order valence-electron chi connectivity index (χ3n) is 3.35. The molecule has 1 amide bonds. The zero-order valence-electron chi connectivity index (χ0n) is 13.1. The molecule has 0 saturated carbocycles. The van der Waals surface area contributed by atoms with E-state index >= 15 is 0 Å². The Kier molecular flexibility index (Phi) is 5.89. The summed E-state index contributed by atoms with van der Waals surface area (Å²) in [4.78, 5) is 20.7. The molecule has 1 aromatic heterocycles. The molecular weight excluding hydrogens is 276 g/mol. The summed E-state index contributed by atoms with van der Waals surface area (Å²) in [5, 5.41) is 6.04. The van der Waals surface area contributed by atoms with Gasteiger partial charge < -0.3 is 10.6 Å². The highest BCUT2D eigenvalue weighted by atomic mass is 16.1. The summed E-state index contributed by atoms with van der Waals surface area (Å²) in [5.41, 5.74) is 2.29. The predicted molar refractivity (Wildman–Crippen MR) is 89.2 cm³/mol. The zero-order valence-corrected chi connectivity index (χ0v) is 13.1. The molecule has 116 valence electrons. The topological polar surface area (TPSA) is 66.9 Å². The fourth-order valence-electron chi connectivity index (χ4n) is 2.08. The van der Waals surface area contributed by atoms with E-state index in [0.717, 1.165) is 37.1 Å². The van der Waals surface area contributed by atoms with E-state index in [0.29, 0.717) is 11.6 Å². The van der Waals surface area contributed by atoms with Crippen molar-refractivity contribution < 1.29 is 4.79 Å². The van der Waals surface area contributed by atoms with Crippen LogP contribution < -0.4 is 10.6 Å². The zero-order chi connectivity index (χ0) is 15.8. The van der Waals surface area contributed by atoms with Gasteiger partial charge in [0, 0.05) is 18.4 Å². The average molecular weight is 298 g/mol. The van der Waals surface area contributed by atoms with E-state index < -0.39 is 0 Å². The summed E-state index contributed by atoms with van der Waals surface area (Å²) in [6.07, 6.45) is 4.61. The maximum Gasteiger partial charge on any atom is 0.274 e.